The standard InChI is InChI=1S/C21H31N3O3/c1-14-8-7-9-16(24-19(26)27-20(2,3)4)17-12-15(10-11-22-17)21(5,6)13-23-18(14)25/h7-8,10-12,14,16H,9,13H2,1-6H3,(H,23,25)(H,24,26)/b8-7-/t14-,16+/m1/s1. The third-order valence-electron chi connectivity index (χ3n) is 4.53. The number of carbonyl (C=O) groups excluding carboxylic acids is 2. The molecule has 0 spiro atoms. The minimum absolute atomic E-state index is 0.00849. The van der Waals surface area contributed by atoms with E-state index in [0.29, 0.717) is 13.0 Å². The number of fused-ring (bicyclic) bond motifs is 2. The van der Waals surface area contributed by atoms with E-state index in [1.54, 1.807) is 6.20 Å². The number of hydrogen-bond donors (Lipinski definition) is 2. The van der Waals surface area contributed by atoms with E-state index in [2.05, 4.69) is 29.5 Å². The molecule has 0 aromatic carbocycles. The van der Waals surface area contributed by atoms with Crippen molar-refractivity contribution >= 4 is 12.0 Å². The first-order chi connectivity index (χ1) is 12.5. The molecule has 1 aliphatic heterocycles. The zero-order valence-corrected chi connectivity index (χ0v) is 17.1. The Morgan fingerprint density at radius 1 is 1.37 bits per heavy atom. The molecular formula is C21H31N3O3. The lowest BCUT2D eigenvalue weighted by molar-refractivity contribution is -0.123. The van der Waals surface area contributed by atoms with E-state index < -0.39 is 11.7 Å². The lowest BCUT2D eigenvalue weighted by Crippen LogP contribution is -2.39. The van der Waals surface area contributed by atoms with Gasteiger partial charge in [-0.2, -0.15) is 0 Å². The molecule has 2 rings (SSSR count). The van der Waals surface area contributed by atoms with Crippen molar-refractivity contribution in [1.82, 2.24) is 15.6 Å². The van der Waals surface area contributed by atoms with Gasteiger partial charge in [0.15, 0.2) is 0 Å². The van der Waals surface area contributed by atoms with Crippen LogP contribution in [0.1, 0.15) is 65.3 Å². The number of carbonyl (C=O) groups is 2. The van der Waals surface area contributed by atoms with E-state index in [1.165, 1.54) is 0 Å². The molecule has 2 N–H and O–H groups in total. The normalized spacial score (nSPS) is 24.0. The fourth-order valence-corrected chi connectivity index (χ4v) is 2.84. The van der Waals surface area contributed by atoms with Crippen LogP contribution in [0.5, 0.6) is 0 Å². The third kappa shape index (κ3) is 6.08. The molecule has 1 aromatic rings. The van der Waals surface area contributed by atoms with Gasteiger partial charge in [-0.1, -0.05) is 32.9 Å². The highest BCUT2D eigenvalue weighted by molar-refractivity contribution is 5.80. The molecule has 0 unspecified atom stereocenters. The van der Waals surface area contributed by atoms with Gasteiger partial charge in [-0.05, 0) is 44.9 Å². The molecule has 2 heterocycles. The van der Waals surface area contributed by atoms with Gasteiger partial charge in [-0.15, -0.1) is 0 Å². The molecule has 0 fully saturated rings. The summed E-state index contributed by atoms with van der Waals surface area (Å²) in [7, 11) is 0. The summed E-state index contributed by atoms with van der Waals surface area (Å²) in [6, 6.07) is 3.61. The first-order valence-corrected chi connectivity index (χ1v) is 9.38. The Morgan fingerprint density at radius 2 is 2.07 bits per heavy atom. The van der Waals surface area contributed by atoms with E-state index in [1.807, 2.05) is 52.0 Å². The van der Waals surface area contributed by atoms with Gasteiger partial charge in [-0.25, -0.2) is 4.79 Å². The van der Waals surface area contributed by atoms with Crippen LogP contribution in [0.4, 0.5) is 4.79 Å². The molecule has 0 saturated heterocycles. The van der Waals surface area contributed by atoms with Crippen molar-refractivity contribution in [3.8, 4) is 0 Å². The summed E-state index contributed by atoms with van der Waals surface area (Å²) in [5.74, 6) is -0.250. The first-order valence-electron chi connectivity index (χ1n) is 9.38. The van der Waals surface area contributed by atoms with Crippen molar-refractivity contribution in [2.45, 2.75) is 65.0 Å². The quantitative estimate of drug-likeness (QED) is 0.737. The number of nitrogens with zero attached hydrogens (tertiary/aromatic N) is 1. The lowest BCUT2D eigenvalue weighted by atomic mass is 9.84. The Morgan fingerprint density at radius 3 is 2.74 bits per heavy atom. The topological polar surface area (TPSA) is 80.3 Å². The molecule has 0 saturated carbocycles. The second-order valence-corrected chi connectivity index (χ2v) is 8.72. The molecule has 2 atom stereocenters. The summed E-state index contributed by atoms with van der Waals surface area (Å²) < 4.78 is 5.40. The maximum atomic E-state index is 12.3. The highest BCUT2D eigenvalue weighted by atomic mass is 16.6. The van der Waals surface area contributed by atoms with E-state index in [4.69, 9.17) is 4.74 Å². The maximum absolute atomic E-state index is 12.3. The predicted molar refractivity (Wildman–Crippen MR) is 105 cm³/mol. The van der Waals surface area contributed by atoms with Gasteiger partial charge in [0.1, 0.15) is 5.60 Å². The summed E-state index contributed by atoms with van der Waals surface area (Å²) in [6.45, 7) is 12.0. The number of ether oxygens (including phenoxy) is 1. The number of rotatable bonds is 1. The Bertz CT molecular complexity index is 720. The molecular weight excluding hydrogens is 342 g/mol. The smallest absolute Gasteiger partial charge is 0.408 e. The van der Waals surface area contributed by atoms with Crippen molar-refractivity contribution in [3.63, 3.8) is 0 Å². The van der Waals surface area contributed by atoms with E-state index in [-0.39, 0.29) is 23.3 Å². The zero-order valence-electron chi connectivity index (χ0n) is 17.1. The summed E-state index contributed by atoms with van der Waals surface area (Å²) >= 11 is 0. The van der Waals surface area contributed by atoms with Crippen LogP contribution < -0.4 is 10.6 Å². The summed E-state index contributed by atoms with van der Waals surface area (Å²) in [5, 5.41) is 5.93. The van der Waals surface area contributed by atoms with Gasteiger partial charge in [0.2, 0.25) is 5.91 Å². The number of aromatic nitrogens is 1. The summed E-state index contributed by atoms with van der Waals surface area (Å²) in [6.07, 6.45) is 5.56. The molecule has 2 amide bonds. The van der Waals surface area contributed by atoms with Crippen molar-refractivity contribution in [3.05, 3.63) is 41.7 Å². The van der Waals surface area contributed by atoms with Crippen LogP contribution in [-0.4, -0.2) is 29.1 Å². The van der Waals surface area contributed by atoms with Crippen LogP contribution in [-0.2, 0) is 14.9 Å². The molecule has 0 aliphatic carbocycles. The van der Waals surface area contributed by atoms with Crippen LogP contribution in [0, 0.1) is 5.92 Å². The highest BCUT2D eigenvalue weighted by Crippen LogP contribution is 2.26. The molecule has 6 heteroatoms. The predicted octanol–water partition coefficient (Wildman–Crippen LogP) is 3.64. The first kappa shape index (κ1) is 20.9. The molecule has 1 aromatic heterocycles. The molecule has 2 bridgehead atoms. The van der Waals surface area contributed by atoms with Crippen LogP contribution in [0.2, 0.25) is 0 Å². The molecule has 6 nitrogen and oxygen atoms in total. The number of amides is 2. The van der Waals surface area contributed by atoms with Gasteiger partial charge >= 0.3 is 6.09 Å². The third-order valence-corrected chi connectivity index (χ3v) is 4.53. The van der Waals surface area contributed by atoms with Gasteiger partial charge in [0.05, 0.1) is 17.7 Å². The Hall–Kier alpha value is -2.37. The average Bonchev–Trinajstić information content (AvgIpc) is 2.56. The van der Waals surface area contributed by atoms with Gasteiger partial charge in [-0.3, -0.25) is 9.78 Å². The molecule has 1 aliphatic rings. The number of nitrogens with one attached hydrogen (secondary N) is 2. The zero-order chi connectivity index (χ0) is 20.2. The Kier molecular flexibility index (Phi) is 6.29. The fraction of sp³-hybridized carbons (Fsp3) is 0.571. The van der Waals surface area contributed by atoms with Crippen molar-refractivity contribution in [2.75, 3.05) is 6.54 Å². The minimum Gasteiger partial charge on any atom is -0.444 e. The summed E-state index contributed by atoms with van der Waals surface area (Å²) in [5.41, 5.74) is 0.998. The summed E-state index contributed by atoms with van der Waals surface area (Å²) in [4.78, 5) is 29.1. The monoisotopic (exact) mass is 373 g/mol. The Balaban J connectivity index is 2.35. The van der Waals surface area contributed by atoms with Crippen LogP contribution in [0.15, 0.2) is 30.5 Å². The maximum Gasteiger partial charge on any atom is 0.408 e. The number of hydrogen-bond acceptors (Lipinski definition) is 4. The van der Waals surface area contributed by atoms with Gasteiger partial charge < -0.3 is 15.4 Å². The molecule has 0 radical (unpaired) electrons. The van der Waals surface area contributed by atoms with E-state index >= 15 is 0 Å². The number of alkyl carbamates (subject to hydrolysis) is 1. The van der Waals surface area contributed by atoms with Crippen LogP contribution >= 0.6 is 0 Å². The minimum atomic E-state index is -0.574. The van der Waals surface area contributed by atoms with Gasteiger partial charge in [0, 0.05) is 18.2 Å². The van der Waals surface area contributed by atoms with Gasteiger partial charge in [0.25, 0.3) is 0 Å². The van der Waals surface area contributed by atoms with Crippen LogP contribution in [0.3, 0.4) is 0 Å². The van der Waals surface area contributed by atoms with E-state index in [0.717, 1.165) is 11.3 Å². The molecule has 148 valence electrons. The fourth-order valence-electron chi connectivity index (χ4n) is 2.84. The second-order valence-electron chi connectivity index (χ2n) is 8.72. The average molecular weight is 373 g/mol. The van der Waals surface area contributed by atoms with E-state index in [9.17, 15) is 9.59 Å². The molecule has 27 heavy (non-hydrogen) atoms. The van der Waals surface area contributed by atoms with Crippen molar-refractivity contribution < 1.29 is 14.3 Å². The largest absolute Gasteiger partial charge is 0.444 e. The number of pyridine rings is 1. The van der Waals surface area contributed by atoms with Crippen molar-refractivity contribution in [2.24, 2.45) is 5.92 Å². The van der Waals surface area contributed by atoms with Crippen molar-refractivity contribution in [1.29, 1.82) is 0 Å². The van der Waals surface area contributed by atoms with Crippen LogP contribution in [0.25, 0.3) is 0 Å². The Labute approximate surface area is 161 Å². The second kappa shape index (κ2) is 8.11. The highest BCUT2D eigenvalue weighted by Gasteiger charge is 2.26. The SMILES string of the molecule is C[C@@H]1/C=C\C[C@H](NC(=O)OC(C)(C)C)c2cc(ccn2)C(C)(C)CNC1=O. The lowest BCUT2D eigenvalue weighted by Gasteiger charge is -2.28.